The molecule has 1 N–H and O–H groups in total. The van der Waals surface area contributed by atoms with E-state index in [1.165, 1.54) is 0 Å². The summed E-state index contributed by atoms with van der Waals surface area (Å²) in [6.45, 7) is 2.12. The van der Waals surface area contributed by atoms with E-state index < -0.39 is 17.5 Å². The van der Waals surface area contributed by atoms with Crippen LogP contribution in [0, 0.1) is 0 Å². The first-order valence-electron chi connectivity index (χ1n) is 10.5. The number of nitrogens with one attached hydrogen (secondary N) is 1. The maximum Gasteiger partial charge on any atom is 0.325 e. The summed E-state index contributed by atoms with van der Waals surface area (Å²) in [6.07, 6.45) is 0. The Balaban J connectivity index is 1.54. The van der Waals surface area contributed by atoms with E-state index in [-0.39, 0.29) is 12.5 Å². The number of hydrogen-bond acceptors (Lipinski definition) is 3. The van der Waals surface area contributed by atoms with Gasteiger partial charge in [-0.2, -0.15) is 0 Å². The van der Waals surface area contributed by atoms with Gasteiger partial charge in [0.1, 0.15) is 12.1 Å². The third kappa shape index (κ3) is 4.39. The number of benzene rings is 3. The van der Waals surface area contributed by atoms with Gasteiger partial charge in [-0.1, -0.05) is 91.0 Å². The van der Waals surface area contributed by atoms with Gasteiger partial charge in [0.05, 0.1) is 0 Å². The van der Waals surface area contributed by atoms with Crippen molar-refractivity contribution < 1.29 is 14.4 Å². The second kappa shape index (κ2) is 9.06. The van der Waals surface area contributed by atoms with Crippen molar-refractivity contribution >= 4 is 17.8 Å². The van der Waals surface area contributed by atoms with Crippen molar-refractivity contribution in [2.45, 2.75) is 25.6 Å². The van der Waals surface area contributed by atoms with Crippen LogP contribution in [0.25, 0.3) is 0 Å². The van der Waals surface area contributed by atoms with Gasteiger partial charge < -0.3 is 10.2 Å². The van der Waals surface area contributed by atoms with E-state index in [9.17, 15) is 14.4 Å². The Hall–Kier alpha value is -3.93. The lowest BCUT2D eigenvalue weighted by atomic mass is 9.92. The van der Waals surface area contributed by atoms with Gasteiger partial charge in [0.15, 0.2) is 0 Å². The van der Waals surface area contributed by atoms with Gasteiger partial charge in [-0.05, 0) is 23.6 Å². The van der Waals surface area contributed by atoms with Crippen molar-refractivity contribution in [2.24, 2.45) is 0 Å². The summed E-state index contributed by atoms with van der Waals surface area (Å²) >= 11 is 0. The van der Waals surface area contributed by atoms with Crippen molar-refractivity contribution in [3.63, 3.8) is 0 Å². The zero-order valence-corrected chi connectivity index (χ0v) is 17.9. The summed E-state index contributed by atoms with van der Waals surface area (Å²) in [6, 6.07) is 27.8. The molecule has 162 valence electrons. The van der Waals surface area contributed by atoms with Crippen LogP contribution in [0.5, 0.6) is 0 Å². The Kier molecular flexibility index (Phi) is 6.03. The summed E-state index contributed by atoms with van der Waals surface area (Å²) in [5.74, 6) is -0.722. The number of amides is 4. The van der Waals surface area contributed by atoms with Crippen molar-refractivity contribution in [1.82, 2.24) is 15.1 Å². The number of nitrogens with zero attached hydrogens (tertiary/aromatic N) is 2. The standard InChI is InChI=1S/C26H25N3O3/c1-26(22-15-9-4-10-16-22)24(31)29(25(32)27-26)19-23(30)28(17-20-11-5-2-6-12-20)18-21-13-7-3-8-14-21/h2-16H,17-19H2,1H3,(H,27,32)/t26-/m1/s1. The fourth-order valence-corrected chi connectivity index (χ4v) is 3.88. The second-order valence-electron chi connectivity index (χ2n) is 8.03. The van der Waals surface area contributed by atoms with Crippen LogP contribution in [0.4, 0.5) is 4.79 Å². The Morgan fingerprint density at radius 3 is 1.78 bits per heavy atom. The number of rotatable bonds is 7. The molecular weight excluding hydrogens is 402 g/mol. The molecule has 1 aliphatic rings. The molecule has 1 saturated heterocycles. The minimum atomic E-state index is -1.19. The van der Waals surface area contributed by atoms with Gasteiger partial charge in [0.2, 0.25) is 5.91 Å². The molecular formula is C26H25N3O3. The predicted octanol–water partition coefficient (Wildman–Crippen LogP) is 3.68. The molecule has 6 heteroatoms. The lowest BCUT2D eigenvalue weighted by Gasteiger charge is -2.26. The van der Waals surface area contributed by atoms with Crippen LogP contribution in [0.3, 0.4) is 0 Å². The van der Waals surface area contributed by atoms with Crippen molar-refractivity contribution in [2.75, 3.05) is 6.54 Å². The van der Waals surface area contributed by atoms with E-state index in [2.05, 4.69) is 5.32 Å². The van der Waals surface area contributed by atoms with Crippen LogP contribution in [-0.4, -0.2) is 34.2 Å². The van der Waals surface area contributed by atoms with Gasteiger partial charge >= 0.3 is 6.03 Å². The normalized spacial score (nSPS) is 17.8. The first kappa shape index (κ1) is 21.3. The quantitative estimate of drug-likeness (QED) is 0.585. The molecule has 1 atom stereocenters. The van der Waals surface area contributed by atoms with Gasteiger partial charge in [-0.15, -0.1) is 0 Å². The van der Waals surface area contributed by atoms with E-state index in [0.717, 1.165) is 16.0 Å². The number of hydrogen-bond donors (Lipinski definition) is 1. The lowest BCUT2D eigenvalue weighted by Crippen LogP contribution is -2.44. The average molecular weight is 428 g/mol. The first-order chi connectivity index (χ1) is 15.5. The van der Waals surface area contributed by atoms with E-state index in [1.54, 1.807) is 24.0 Å². The molecule has 1 fully saturated rings. The van der Waals surface area contributed by atoms with Gasteiger partial charge in [-0.25, -0.2) is 4.79 Å². The fourth-order valence-electron chi connectivity index (χ4n) is 3.88. The predicted molar refractivity (Wildman–Crippen MR) is 121 cm³/mol. The molecule has 3 aromatic rings. The number of carbonyl (C=O) groups is 3. The smallest absolute Gasteiger partial charge is 0.325 e. The minimum Gasteiger partial charge on any atom is -0.332 e. The van der Waals surface area contributed by atoms with Crippen molar-refractivity contribution in [1.29, 1.82) is 0 Å². The van der Waals surface area contributed by atoms with Crippen LogP contribution in [0.1, 0.15) is 23.6 Å². The van der Waals surface area contributed by atoms with Crippen molar-refractivity contribution in [3.05, 3.63) is 108 Å². The molecule has 0 bridgehead atoms. The highest BCUT2D eigenvalue weighted by Gasteiger charge is 2.49. The molecule has 0 unspecified atom stereocenters. The molecule has 6 nitrogen and oxygen atoms in total. The highest BCUT2D eigenvalue weighted by Crippen LogP contribution is 2.28. The number of urea groups is 1. The second-order valence-corrected chi connectivity index (χ2v) is 8.03. The van der Waals surface area contributed by atoms with E-state index in [4.69, 9.17) is 0 Å². The van der Waals surface area contributed by atoms with Crippen LogP contribution in [0.15, 0.2) is 91.0 Å². The summed E-state index contributed by atoms with van der Waals surface area (Å²) in [5, 5.41) is 2.76. The topological polar surface area (TPSA) is 69.7 Å². The maximum atomic E-state index is 13.3. The molecule has 1 aliphatic heterocycles. The Bertz CT molecular complexity index is 1060. The molecule has 0 spiro atoms. The summed E-state index contributed by atoms with van der Waals surface area (Å²) in [5.41, 5.74) is 1.44. The highest BCUT2D eigenvalue weighted by molar-refractivity contribution is 6.09. The largest absolute Gasteiger partial charge is 0.332 e. The van der Waals surface area contributed by atoms with E-state index in [0.29, 0.717) is 18.7 Å². The number of imide groups is 1. The van der Waals surface area contributed by atoms with Crippen molar-refractivity contribution in [3.8, 4) is 0 Å². The number of carbonyl (C=O) groups excluding carboxylic acids is 3. The summed E-state index contributed by atoms with van der Waals surface area (Å²) in [4.78, 5) is 41.8. The molecule has 32 heavy (non-hydrogen) atoms. The van der Waals surface area contributed by atoms with Crippen LogP contribution in [-0.2, 0) is 28.2 Å². The SMILES string of the molecule is C[C@]1(c2ccccc2)NC(=O)N(CC(=O)N(Cc2ccccc2)Cc2ccccc2)C1=O. The Labute approximate surface area is 187 Å². The van der Waals surface area contributed by atoms with Crippen LogP contribution in [0.2, 0.25) is 0 Å². The average Bonchev–Trinajstić information content (AvgIpc) is 3.04. The molecule has 3 aromatic carbocycles. The minimum absolute atomic E-state index is 0.293. The third-order valence-electron chi connectivity index (χ3n) is 5.70. The Morgan fingerprint density at radius 1 is 0.812 bits per heavy atom. The van der Waals surface area contributed by atoms with E-state index in [1.807, 2.05) is 78.9 Å². The molecule has 1 heterocycles. The first-order valence-corrected chi connectivity index (χ1v) is 10.5. The maximum absolute atomic E-state index is 13.3. The third-order valence-corrected chi connectivity index (χ3v) is 5.70. The molecule has 0 radical (unpaired) electrons. The molecule has 4 amide bonds. The van der Waals surface area contributed by atoms with Crippen LogP contribution >= 0.6 is 0 Å². The van der Waals surface area contributed by atoms with Crippen LogP contribution < -0.4 is 5.32 Å². The van der Waals surface area contributed by atoms with Gasteiger partial charge in [-0.3, -0.25) is 14.5 Å². The molecule has 0 saturated carbocycles. The van der Waals surface area contributed by atoms with E-state index >= 15 is 0 Å². The lowest BCUT2D eigenvalue weighted by molar-refractivity contribution is -0.139. The Morgan fingerprint density at radius 2 is 1.28 bits per heavy atom. The zero-order valence-electron chi connectivity index (χ0n) is 17.9. The summed E-state index contributed by atoms with van der Waals surface area (Å²) < 4.78 is 0. The monoisotopic (exact) mass is 427 g/mol. The van der Waals surface area contributed by atoms with Gasteiger partial charge in [0.25, 0.3) is 5.91 Å². The zero-order chi connectivity index (χ0) is 22.6. The summed E-state index contributed by atoms with van der Waals surface area (Å²) in [7, 11) is 0. The fraction of sp³-hybridized carbons (Fsp3) is 0.192. The molecule has 4 rings (SSSR count). The molecule has 0 aromatic heterocycles. The highest BCUT2D eigenvalue weighted by atomic mass is 16.2. The molecule has 0 aliphatic carbocycles. The van der Waals surface area contributed by atoms with Gasteiger partial charge in [0, 0.05) is 13.1 Å².